The number of esters is 1. The van der Waals surface area contributed by atoms with E-state index in [1.807, 2.05) is 31.2 Å². The van der Waals surface area contributed by atoms with Crippen molar-refractivity contribution in [2.45, 2.75) is 13.3 Å². The zero-order chi connectivity index (χ0) is 21.8. The fourth-order valence-corrected chi connectivity index (χ4v) is 3.42. The average Bonchev–Trinajstić information content (AvgIpc) is 2.77. The summed E-state index contributed by atoms with van der Waals surface area (Å²) >= 11 is 0. The van der Waals surface area contributed by atoms with E-state index in [0.29, 0.717) is 28.7 Å². The number of carbonyl (C=O) groups excluding carboxylic acids is 1. The Morgan fingerprint density at radius 2 is 1.37 bits per heavy atom. The first-order valence-corrected chi connectivity index (χ1v) is 9.31. The van der Waals surface area contributed by atoms with E-state index in [-0.39, 0.29) is 12.4 Å². The number of rotatable bonds is 7. The van der Waals surface area contributed by atoms with Gasteiger partial charge in [0.15, 0.2) is 23.0 Å². The van der Waals surface area contributed by atoms with Gasteiger partial charge < -0.3 is 23.7 Å². The van der Waals surface area contributed by atoms with Gasteiger partial charge in [-0.2, -0.15) is 0 Å². The van der Waals surface area contributed by atoms with Crippen LogP contribution in [0.2, 0.25) is 0 Å². The van der Waals surface area contributed by atoms with Crippen LogP contribution < -0.4 is 18.9 Å². The van der Waals surface area contributed by atoms with E-state index in [2.05, 4.69) is 0 Å². The summed E-state index contributed by atoms with van der Waals surface area (Å²) in [5.74, 6) is 1.99. The molecule has 0 N–H and O–H groups in total. The molecule has 0 atom stereocenters. The highest BCUT2D eigenvalue weighted by molar-refractivity contribution is 5.91. The lowest BCUT2D eigenvalue weighted by atomic mass is 9.98. The third-order valence-electron chi connectivity index (χ3n) is 4.97. The van der Waals surface area contributed by atoms with Crippen LogP contribution >= 0.6 is 0 Å². The van der Waals surface area contributed by atoms with E-state index in [1.54, 1.807) is 34.5 Å². The molecule has 3 aromatic rings. The highest BCUT2D eigenvalue weighted by Crippen LogP contribution is 2.38. The van der Waals surface area contributed by atoms with Gasteiger partial charge in [-0.1, -0.05) is 0 Å². The molecule has 0 amide bonds. The van der Waals surface area contributed by atoms with Crippen molar-refractivity contribution in [3.8, 4) is 34.3 Å². The van der Waals surface area contributed by atoms with Crippen LogP contribution in [0, 0.1) is 6.92 Å². The monoisotopic (exact) mass is 411 g/mol. The van der Waals surface area contributed by atoms with Gasteiger partial charge in [-0.05, 0) is 48.2 Å². The molecule has 30 heavy (non-hydrogen) atoms. The Balaban J connectivity index is 2.26. The van der Waals surface area contributed by atoms with Crippen molar-refractivity contribution in [1.82, 2.24) is 4.98 Å². The predicted molar refractivity (Wildman–Crippen MR) is 114 cm³/mol. The SMILES string of the molecule is COC(=O)Cc1cc(OC)c(OC)cc1-c1cc2cc(OC)c(OC)cc2c(C)n1. The summed E-state index contributed by atoms with van der Waals surface area (Å²) in [4.78, 5) is 16.8. The van der Waals surface area contributed by atoms with Crippen molar-refractivity contribution >= 4 is 16.7 Å². The van der Waals surface area contributed by atoms with E-state index in [1.165, 1.54) is 7.11 Å². The summed E-state index contributed by atoms with van der Waals surface area (Å²) in [6.07, 6.45) is 0.0802. The Morgan fingerprint density at radius 3 is 1.97 bits per heavy atom. The lowest BCUT2D eigenvalue weighted by Gasteiger charge is -2.16. The normalized spacial score (nSPS) is 10.6. The van der Waals surface area contributed by atoms with Gasteiger partial charge in [0.25, 0.3) is 0 Å². The molecule has 1 aromatic heterocycles. The maximum absolute atomic E-state index is 12.0. The van der Waals surface area contributed by atoms with Gasteiger partial charge in [-0.25, -0.2) is 0 Å². The summed E-state index contributed by atoms with van der Waals surface area (Å²) in [6, 6.07) is 9.37. The molecule has 3 rings (SSSR count). The van der Waals surface area contributed by atoms with Gasteiger partial charge in [0.2, 0.25) is 0 Å². The van der Waals surface area contributed by atoms with Crippen LogP contribution in [0.1, 0.15) is 11.3 Å². The third kappa shape index (κ3) is 3.96. The second-order valence-electron chi connectivity index (χ2n) is 6.64. The molecule has 7 nitrogen and oxygen atoms in total. The fraction of sp³-hybridized carbons (Fsp3) is 0.304. The van der Waals surface area contributed by atoms with Gasteiger partial charge in [-0.15, -0.1) is 0 Å². The molecule has 0 saturated heterocycles. The molecule has 1 heterocycles. The topological polar surface area (TPSA) is 76.1 Å². The first-order chi connectivity index (χ1) is 14.4. The number of pyridine rings is 1. The molecule has 7 heteroatoms. The standard InChI is InChI=1S/C23H25NO6/c1-13-16-11-21(28-4)19(26-2)8-14(16)7-18(24-13)17-12-22(29-5)20(27-3)9-15(17)10-23(25)30-6/h7-9,11-12H,10H2,1-6H3. The molecule has 0 fully saturated rings. The van der Waals surface area contributed by atoms with E-state index in [0.717, 1.165) is 27.6 Å². The van der Waals surface area contributed by atoms with Crippen LogP contribution in [0.15, 0.2) is 30.3 Å². The Bertz CT molecular complexity index is 1090. The van der Waals surface area contributed by atoms with Crippen LogP contribution in [0.4, 0.5) is 0 Å². The highest BCUT2D eigenvalue weighted by Gasteiger charge is 2.18. The molecular formula is C23H25NO6. The average molecular weight is 411 g/mol. The molecule has 0 aliphatic rings. The van der Waals surface area contributed by atoms with Gasteiger partial charge in [0, 0.05) is 16.6 Å². The smallest absolute Gasteiger partial charge is 0.310 e. The fourth-order valence-electron chi connectivity index (χ4n) is 3.42. The lowest BCUT2D eigenvalue weighted by molar-refractivity contribution is -0.139. The summed E-state index contributed by atoms with van der Waals surface area (Å²) in [5, 5.41) is 1.89. The first kappa shape index (κ1) is 21.2. The van der Waals surface area contributed by atoms with E-state index >= 15 is 0 Å². The first-order valence-electron chi connectivity index (χ1n) is 9.31. The number of methoxy groups -OCH3 is 5. The molecule has 0 bridgehead atoms. The Morgan fingerprint density at radius 1 is 0.800 bits per heavy atom. The highest BCUT2D eigenvalue weighted by atomic mass is 16.5. The van der Waals surface area contributed by atoms with Crippen LogP contribution in [-0.2, 0) is 16.0 Å². The number of hydrogen-bond acceptors (Lipinski definition) is 7. The zero-order valence-electron chi connectivity index (χ0n) is 18.0. The number of nitrogens with zero attached hydrogens (tertiary/aromatic N) is 1. The van der Waals surface area contributed by atoms with E-state index in [9.17, 15) is 4.79 Å². The number of carbonyl (C=O) groups is 1. The van der Waals surface area contributed by atoms with Crippen molar-refractivity contribution in [2.75, 3.05) is 35.5 Å². The van der Waals surface area contributed by atoms with Crippen LogP contribution in [0.3, 0.4) is 0 Å². The van der Waals surface area contributed by atoms with Crippen molar-refractivity contribution in [3.63, 3.8) is 0 Å². The number of fused-ring (bicyclic) bond motifs is 1. The molecule has 0 unspecified atom stereocenters. The maximum atomic E-state index is 12.0. The Hall–Kier alpha value is -3.48. The van der Waals surface area contributed by atoms with Crippen molar-refractivity contribution in [3.05, 3.63) is 41.6 Å². The van der Waals surface area contributed by atoms with Crippen molar-refractivity contribution in [1.29, 1.82) is 0 Å². The number of benzene rings is 2. The lowest BCUT2D eigenvalue weighted by Crippen LogP contribution is -2.07. The van der Waals surface area contributed by atoms with Crippen LogP contribution in [0.25, 0.3) is 22.0 Å². The van der Waals surface area contributed by atoms with Gasteiger partial charge in [0.05, 0.1) is 47.7 Å². The van der Waals surface area contributed by atoms with Gasteiger partial charge in [-0.3, -0.25) is 9.78 Å². The van der Waals surface area contributed by atoms with E-state index in [4.69, 9.17) is 28.7 Å². The summed E-state index contributed by atoms with van der Waals surface area (Å²) in [7, 11) is 7.68. The number of ether oxygens (including phenoxy) is 5. The Kier molecular flexibility index (Phi) is 6.30. The van der Waals surface area contributed by atoms with Crippen molar-refractivity contribution in [2.24, 2.45) is 0 Å². The second kappa shape index (κ2) is 8.90. The summed E-state index contributed by atoms with van der Waals surface area (Å²) < 4.78 is 26.6. The van der Waals surface area contributed by atoms with Gasteiger partial charge >= 0.3 is 5.97 Å². The second-order valence-corrected chi connectivity index (χ2v) is 6.64. The maximum Gasteiger partial charge on any atom is 0.310 e. The molecule has 0 radical (unpaired) electrons. The largest absolute Gasteiger partial charge is 0.493 e. The molecular weight excluding hydrogens is 386 g/mol. The summed E-state index contributed by atoms with van der Waals surface area (Å²) in [5.41, 5.74) is 3.01. The number of hydrogen-bond donors (Lipinski definition) is 0. The minimum absolute atomic E-state index is 0.0802. The van der Waals surface area contributed by atoms with Gasteiger partial charge in [0.1, 0.15) is 0 Å². The van der Waals surface area contributed by atoms with Crippen molar-refractivity contribution < 1.29 is 28.5 Å². The molecule has 0 saturated carbocycles. The third-order valence-corrected chi connectivity index (χ3v) is 4.97. The molecule has 0 spiro atoms. The minimum atomic E-state index is -0.354. The number of aryl methyl sites for hydroxylation is 1. The van der Waals surface area contributed by atoms with Crippen LogP contribution in [-0.4, -0.2) is 46.5 Å². The number of aromatic nitrogens is 1. The molecule has 0 aliphatic carbocycles. The Labute approximate surface area is 175 Å². The zero-order valence-corrected chi connectivity index (χ0v) is 18.0. The minimum Gasteiger partial charge on any atom is -0.493 e. The van der Waals surface area contributed by atoms with Crippen LogP contribution in [0.5, 0.6) is 23.0 Å². The summed E-state index contributed by atoms with van der Waals surface area (Å²) in [6.45, 7) is 1.93. The molecule has 158 valence electrons. The quantitative estimate of drug-likeness (QED) is 0.545. The predicted octanol–water partition coefficient (Wildman–Crippen LogP) is 3.96. The molecule has 0 aliphatic heterocycles. The molecule has 2 aromatic carbocycles. The van der Waals surface area contributed by atoms with E-state index < -0.39 is 0 Å².